The summed E-state index contributed by atoms with van der Waals surface area (Å²) >= 11 is 0. The minimum Gasteiger partial charge on any atom is -0.296 e. The Kier molecular flexibility index (Phi) is 3.31. The predicted octanol–water partition coefficient (Wildman–Crippen LogP) is 3.19. The van der Waals surface area contributed by atoms with Crippen LogP contribution in [-0.2, 0) is 0 Å². The molecule has 0 amide bonds. The third kappa shape index (κ3) is 2.33. The summed E-state index contributed by atoms with van der Waals surface area (Å²) in [6, 6.07) is 13.6. The summed E-state index contributed by atoms with van der Waals surface area (Å²) < 4.78 is 14.6. The topological polar surface area (TPSA) is 47.8 Å². The quantitative estimate of drug-likeness (QED) is 0.693. The number of halogens is 1. The zero-order valence-electron chi connectivity index (χ0n) is 11.3. The van der Waals surface area contributed by atoms with E-state index in [9.17, 15) is 9.18 Å². The van der Waals surface area contributed by atoms with E-state index in [1.165, 1.54) is 12.1 Å². The lowest BCUT2D eigenvalue weighted by atomic mass is 10.0. The van der Waals surface area contributed by atoms with E-state index < -0.39 is 0 Å². The van der Waals surface area contributed by atoms with Gasteiger partial charge in [0.2, 0.25) is 0 Å². The number of nitrogens with zero attached hydrogens (tertiary/aromatic N) is 3. The molecule has 0 aliphatic carbocycles. The smallest absolute Gasteiger partial charge is 0.172 e. The second-order valence-corrected chi connectivity index (χ2v) is 4.64. The number of benzene rings is 2. The van der Waals surface area contributed by atoms with Crippen LogP contribution >= 0.6 is 0 Å². The summed E-state index contributed by atoms with van der Waals surface area (Å²) in [6.45, 7) is 1.95. The molecule has 2 aromatic carbocycles. The van der Waals surface area contributed by atoms with Crippen molar-refractivity contribution in [3.8, 4) is 16.9 Å². The fourth-order valence-electron chi connectivity index (χ4n) is 2.23. The van der Waals surface area contributed by atoms with E-state index in [0.29, 0.717) is 17.7 Å². The van der Waals surface area contributed by atoms with Crippen molar-refractivity contribution in [1.29, 1.82) is 0 Å². The zero-order chi connectivity index (χ0) is 14.8. The van der Waals surface area contributed by atoms with Crippen LogP contribution in [0, 0.1) is 12.7 Å². The molecule has 0 saturated carbocycles. The fourth-order valence-corrected chi connectivity index (χ4v) is 2.23. The van der Waals surface area contributed by atoms with Gasteiger partial charge in [0.25, 0.3) is 0 Å². The monoisotopic (exact) mass is 281 g/mol. The molecule has 4 nitrogen and oxygen atoms in total. The van der Waals surface area contributed by atoms with Crippen LogP contribution in [0.15, 0.2) is 48.5 Å². The van der Waals surface area contributed by atoms with Crippen molar-refractivity contribution in [3.63, 3.8) is 0 Å². The molecular formula is C16H12FN3O. The van der Waals surface area contributed by atoms with Crippen molar-refractivity contribution >= 4 is 6.29 Å². The number of aryl methyl sites for hydroxylation is 1. The molecule has 0 N–H and O–H groups in total. The first-order valence-electron chi connectivity index (χ1n) is 6.43. The van der Waals surface area contributed by atoms with Gasteiger partial charge in [-0.15, -0.1) is 5.10 Å². The molecule has 1 aromatic heterocycles. The minimum absolute atomic E-state index is 0.258. The van der Waals surface area contributed by atoms with Gasteiger partial charge in [-0.1, -0.05) is 29.5 Å². The molecule has 21 heavy (non-hydrogen) atoms. The first kappa shape index (κ1) is 13.2. The van der Waals surface area contributed by atoms with Crippen LogP contribution < -0.4 is 0 Å². The minimum atomic E-state index is -0.327. The van der Waals surface area contributed by atoms with Gasteiger partial charge in [-0.05, 0) is 36.8 Å². The van der Waals surface area contributed by atoms with Gasteiger partial charge in [0, 0.05) is 5.56 Å². The maximum absolute atomic E-state index is 13.1. The summed E-state index contributed by atoms with van der Waals surface area (Å²) in [5, 5.41) is 7.92. The molecule has 3 aromatic rings. The summed E-state index contributed by atoms with van der Waals surface area (Å²) in [6.07, 6.45) is 0.675. The molecule has 0 bridgehead atoms. The van der Waals surface area contributed by atoms with Crippen molar-refractivity contribution in [2.75, 3.05) is 0 Å². The molecule has 0 spiro atoms. The van der Waals surface area contributed by atoms with E-state index >= 15 is 0 Å². The molecule has 1 heterocycles. The van der Waals surface area contributed by atoms with Gasteiger partial charge in [-0.2, -0.15) is 0 Å². The first-order valence-corrected chi connectivity index (χ1v) is 6.43. The molecule has 0 unspecified atom stereocenters. The van der Waals surface area contributed by atoms with Gasteiger partial charge < -0.3 is 0 Å². The van der Waals surface area contributed by atoms with Crippen LogP contribution in [0.4, 0.5) is 4.39 Å². The molecule has 0 fully saturated rings. The van der Waals surface area contributed by atoms with E-state index in [4.69, 9.17) is 0 Å². The highest BCUT2D eigenvalue weighted by molar-refractivity contribution is 5.84. The van der Waals surface area contributed by atoms with Crippen molar-refractivity contribution in [2.24, 2.45) is 0 Å². The van der Waals surface area contributed by atoms with Crippen LogP contribution in [-0.4, -0.2) is 21.3 Å². The lowest BCUT2D eigenvalue weighted by molar-refractivity contribution is 0.111. The number of aromatic nitrogens is 3. The Bertz CT molecular complexity index is 794. The first-order chi connectivity index (χ1) is 10.2. The molecule has 0 atom stereocenters. The Morgan fingerprint density at radius 3 is 2.48 bits per heavy atom. The summed E-state index contributed by atoms with van der Waals surface area (Å²) in [5.74, 6) is -0.327. The van der Waals surface area contributed by atoms with E-state index in [-0.39, 0.29) is 11.5 Å². The SMILES string of the molecule is Cc1ccccc1-c1c(C=O)nnn1-c1ccc(F)cc1. The van der Waals surface area contributed by atoms with Crippen LogP contribution in [0.3, 0.4) is 0 Å². The Morgan fingerprint density at radius 1 is 1.10 bits per heavy atom. The number of carbonyl (C=O) groups excluding carboxylic acids is 1. The number of carbonyl (C=O) groups is 1. The highest BCUT2D eigenvalue weighted by Gasteiger charge is 2.17. The normalized spacial score (nSPS) is 10.6. The van der Waals surface area contributed by atoms with E-state index in [1.54, 1.807) is 16.8 Å². The highest BCUT2D eigenvalue weighted by atomic mass is 19.1. The highest BCUT2D eigenvalue weighted by Crippen LogP contribution is 2.27. The van der Waals surface area contributed by atoms with Crippen molar-refractivity contribution in [3.05, 3.63) is 65.6 Å². The maximum Gasteiger partial charge on any atom is 0.172 e. The second-order valence-electron chi connectivity index (χ2n) is 4.64. The standard InChI is InChI=1S/C16H12FN3O/c1-11-4-2-3-5-14(11)16-15(10-21)18-19-20(16)13-8-6-12(17)7-9-13/h2-10H,1H3. The molecule has 0 saturated heterocycles. The molecule has 0 aliphatic heterocycles. The van der Waals surface area contributed by atoms with Gasteiger partial charge >= 0.3 is 0 Å². The summed E-state index contributed by atoms with van der Waals surface area (Å²) in [7, 11) is 0. The largest absolute Gasteiger partial charge is 0.296 e. The lowest BCUT2D eigenvalue weighted by Crippen LogP contribution is -2.01. The fraction of sp³-hybridized carbons (Fsp3) is 0.0625. The number of hydrogen-bond acceptors (Lipinski definition) is 3. The number of rotatable bonds is 3. The van der Waals surface area contributed by atoms with Crippen molar-refractivity contribution < 1.29 is 9.18 Å². The molecule has 0 radical (unpaired) electrons. The Balaban J connectivity index is 2.24. The van der Waals surface area contributed by atoms with E-state index in [1.807, 2.05) is 31.2 Å². The van der Waals surface area contributed by atoms with Gasteiger partial charge in [0.15, 0.2) is 12.0 Å². The Hall–Kier alpha value is -2.82. The van der Waals surface area contributed by atoms with Crippen LogP contribution in [0.2, 0.25) is 0 Å². The van der Waals surface area contributed by atoms with Gasteiger partial charge in [-0.25, -0.2) is 9.07 Å². The molecular weight excluding hydrogens is 269 g/mol. The van der Waals surface area contributed by atoms with E-state index in [2.05, 4.69) is 10.3 Å². The van der Waals surface area contributed by atoms with E-state index in [0.717, 1.165) is 11.1 Å². The summed E-state index contributed by atoms with van der Waals surface area (Å²) in [5.41, 5.74) is 3.39. The lowest BCUT2D eigenvalue weighted by Gasteiger charge is -2.09. The van der Waals surface area contributed by atoms with Crippen molar-refractivity contribution in [1.82, 2.24) is 15.0 Å². The van der Waals surface area contributed by atoms with Crippen LogP contribution in [0.5, 0.6) is 0 Å². The van der Waals surface area contributed by atoms with Crippen LogP contribution in [0.1, 0.15) is 16.1 Å². The third-order valence-corrected chi connectivity index (χ3v) is 3.28. The summed E-state index contributed by atoms with van der Waals surface area (Å²) in [4.78, 5) is 11.2. The number of aldehydes is 1. The average Bonchev–Trinajstić information content (AvgIpc) is 2.92. The molecule has 5 heteroatoms. The second kappa shape index (κ2) is 5.28. The maximum atomic E-state index is 13.1. The number of hydrogen-bond donors (Lipinski definition) is 0. The van der Waals surface area contributed by atoms with Crippen molar-refractivity contribution in [2.45, 2.75) is 6.92 Å². The molecule has 104 valence electrons. The van der Waals surface area contributed by atoms with Gasteiger partial charge in [0.1, 0.15) is 11.5 Å². The van der Waals surface area contributed by atoms with Crippen LogP contribution in [0.25, 0.3) is 16.9 Å². The van der Waals surface area contributed by atoms with Gasteiger partial charge in [0.05, 0.1) is 5.69 Å². The predicted molar refractivity (Wildman–Crippen MR) is 76.9 cm³/mol. The Labute approximate surface area is 120 Å². The molecule has 0 aliphatic rings. The average molecular weight is 281 g/mol. The zero-order valence-corrected chi connectivity index (χ0v) is 11.3. The Morgan fingerprint density at radius 2 is 1.81 bits per heavy atom. The molecule has 3 rings (SSSR count). The third-order valence-electron chi connectivity index (χ3n) is 3.28. The van der Waals surface area contributed by atoms with Gasteiger partial charge in [-0.3, -0.25) is 4.79 Å².